The van der Waals surface area contributed by atoms with Crippen LogP contribution in [0, 0.1) is 0 Å². The Bertz CT molecular complexity index is 353. The van der Waals surface area contributed by atoms with E-state index in [9.17, 15) is 4.79 Å². The molecule has 2 nitrogen and oxygen atoms in total. The Morgan fingerprint density at radius 2 is 1.75 bits per heavy atom. The zero-order valence-corrected chi connectivity index (χ0v) is 10.4. The lowest BCUT2D eigenvalue weighted by molar-refractivity contribution is 0.0600. The molecule has 0 N–H and O–H groups in total. The summed E-state index contributed by atoms with van der Waals surface area (Å²) in [6, 6.07) is 7.92. The summed E-state index contributed by atoms with van der Waals surface area (Å²) in [5, 5.41) is 0. The van der Waals surface area contributed by atoms with Gasteiger partial charge < -0.3 is 4.74 Å². The van der Waals surface area contributed by atoms with E-state index in [0.29, 0.717) is 16.5 Å². The molecule has 0 aromatic heterocycles. The van der Waals surface area contributed by atoms with E-state index < -0.39 is 0 Å². The van der Waals surface area contributed by atoms with E-state index in [1.54, 1.807) is 0 Å². The molecule has 1 aliphatic heterocycles. The third-order valence-corrected chi connectivity index (χ3v) is 5.39. The van der Waals surface area contributed by atoms with Crippen molar-refractivity contribution in [3.63, 3.8) is 0 Å². The van der Waals surface area contributed by atoms with Crippen LogP contribution in [0.1, 0.15) is 29.6 Å². The third kappa shape index (κ3) is 2.59. The number of carbonyl (C=O) groups excluding carboxylic acids is 1. The predicted octanol–water partition coefficient (Wildman–Crippen LogP) is 2.63. The maximum Gasteiger partial charge on any atom is 0.337 e. The van der Waals surface area contributed by atoms with Crippen LogP contribution in [-0.4, -0.2) is 24.6 Å². The maximum absolute atomic E-state index is 11.3. The third-order valence-electron chi connectivity index (χ3n) is 2.89. The maximum atomic E-state index is 11.3. The molecule has 16 heavy (non-hydrogen) atoms. The lowest BCUT2D eigenvalue weighted by Gasteiger charge is -2.13. The first-order chi connectivity index (χ1) is 7.81. The van der Waals surface area contributed by atoms with Gasteiger partial charge in [-0.2, -0.15) is 0 Å². The molecule has 1 fully saturated rings. The summed E-state index contributed by atoms with van der Waals surface area (Å²) in [6.45, 7) is 0. The summed E-state index contributed by atoms with van der Waals surface area (Å²) < 4.78 is 4.68. The van der Waals surface area contributed by atoms with E-state index in [1.807, 2.05) is 12.1 Å². The van der Waals surface area contributed by atoms with Gasteiger partial charge in [0.05, 0.1) is 12.7 Å². The van der Waals surface area contributed by atoms with Crippen molar-refractivity contribution in [1.29, 1.82) is 0 Å². The first-order valence-corrected chi connectivity index (χ1v) is 7.23. The number of rotatable bonds is 2. The Labute approximate surface area is 99.3 Å². The molecule has 0 saturated carbocycles. The number of carbonyl (C=O) groups is 1. The fourth-order valence-electron chi connectivity index (χ4n) is 1.97. The van der Waals surface area contributed by atoms with Crippen LogP contribution in [0.15, 0.2) is 29.2 Å². The van der Waals surface area contributed by atoms with Gasteiger partial charge in [-0.25, -0.2) is 4.79 Å². The molecule has 0 amide bonds. The largest absolute Gasteiger partial charge is 0.465 e. The molecule has 0 unspecified atom stereocenters. The van der Waals surface area contributed by atoms with Crippen LogP contribution in [0.4, 0.5) is 0 Å². The van der Waals surface area contributed by atoms with Gasteiger partial charge >= 0.3 is 5.97 Å². The van der Waals surface area contributed by atoms with Crippen LogP contribution >= 0.6 is 0 Å². The summed E-state index contributed by atoms with van der Waals surface area (Å²) in [5.74, 6) is 2.38. The van der Waals surface area contributed by atoms with E-state index in [-0.39, 0.29) is 5.97 Å². The molecule has 86 valence electrons. The molecule has 3 heteroatoms. The zero-order valence-electron chi connectivity index (χ0n) is 9.57. The average Bonchev–Trinajstić information content (AvgIpc) is 2.39. The van der Waals surface area contributed by atoms with E-state index in [4.69, 9.17) is 0 Å². The summed E-state index contributed by atoms with van der Waals surface area (Å²) in [6.07, 6.45) is 4.08. The minimum Gasteiger partial charge on any atom is -0.465 e. The van der Waals surface area contributed by atoms with Crippen molar-refractivity contribution in [2.24, 2.45) is 0 Å². The highest BCUT2D eigenvalue weighted by Gasteiger charge is 2.24. The van der Waals surface area contributed by atoms with Gasteiger partial charge in [0, 0.05) is 10.9 Å². The lowest BCUT2D eigenvalue weighted by atomic mass is 10.2. The van der Waals surface area contributed by atoms with Crippen LogP contribution < -0.4 is 0 Å². The van der Waals surface area contributed by atoms with E-state index in [0.717, 1.165) is 0 Å². The Balaban J connectivity index is 2.09. The number of methoxy groups -OCH3 is 1. The topological polar surface area (TPSA) is 26.3 Å². The summed E-state index contributed by atoms with van der Waals surface area (Å²) >= 11 is 0. The van der Waals surface area contributed by atoms with E-state index in [2.05, 4.69) is 16.9 Å². The van der Waals surface area contributed by atoms with E-state index in [1.165, 1.54) is 42.8 Å². The van der Waals surface area contributed by atoms with Gasteiger partial charge in [0.1, 0.15) is 11.5 Å². The fraction of sp³-hybridized carbons (Fsp3) is 0.462. The number of esters is 1. The van der Waals surface area contributed by atoms with Gasteiger partial charge in [0.15, 0.2) is 4.90 Å². The second-order valence-corrected chi connectivity index (χ2v) is 6.25. The molecule has 1 saturated heterocycles. The molecule has 0 aliphatic carbocycles. The zero-order chi connectivity index (χ0) is 11.4. The normalized spacial score (nSPS) is 17.1. The molecule has 1 aromatic carbocycles. The quantitative estimate of drug-likeness (QED) is 0.584. The smallest absolute Gasteiger partial charge is 0.337 e. The molecule has 0 radical (unpaired) electrons. The van der Waals surface area contributed by atoms with Crippen LogP contribution in [0.25, 0.3) is 0 Å². The lowest BCUT2D eigenvalue weighted by Crippen LogP contribution is -2.17. The first-order valence-electron chi connectivity index (χ1n) is 5.67. The van der Waals surface area contributed by atoms with Crippen molar-refractivity contribution in [3.05, 3.63) is 29.8 Å². The van der Waals surface area contributed by atoms with Crippen LogP contribution in [0.3, 0.4) is 0 Å². The Kier molecular flexibility index (Phi) is 3.88. The predicted molar refractivity (Wildman–Crippen MR) is 67.0 cm³/mol. The Morgan fingerprint density at radius 1 is 1.12 bits per heavy atom. The SMILES string of the molecule is COC(=O)c1ccc([S+]2CCCCC2)cc1. The average molecular weight is 237 g/mol. The van der Waals surface area contributed by atoms with Gasteiger partial charge in [-0.1, -0.05) is 0 Å². The Morgan fingerprint density at radius 3 is 2.31 bits per heavy atom. The first kappa shape index (κ1) is 11.5. The van der Waals surface area contributed by atoms with Gasteiger partial charge in [-0.05, 0) is 43.5 Å². The minimum absolute atomic E-state index is 0.251. The Hall–Kier alpha value is -0.960. The van der Waals surface area contributed by atoms with Crippen molar-refractivity contribution >= 4 is 16.9 Å². The van der Waals surface area contributed by atoms with E-state index >= 15 is 0 Å². The molecular weight excluding hydrogens is 220 g/mol. The summed E-state index contributed by atoms with van der Waals surface area (Å²) in [4.78, 5) is 12.7. The van der Waals surface area contributed by atoms with Crippen molar-refractivity contribution in [1.82, 2.24) is 0 Å². The molecule has 0 spiro atoms. The molecular formula is C13H17O2S+. The van der Waals surface area contributed by atoms with Gasteiger partial charge in [0.2, 0.25) is 0 Å². The second kappa shape index (κ2) is 5.39. The van der Waals surface area contributed by atoms with Crippen molar-refractivity contribution in [3.8, 4) is 0 Å². The van der Waals surface area contributed by atoms with Gasteiger partial charge in [-0.3, -0.25) is 0 Å². The monoisotopic (exact) mass is 237 g/mol. The highest BCUT2D eigenvalue weighted by molar-refractivity contribution is 7.96. The van der Waals surface area contributed by atoms with Crippen LogP contribution in [0.2, 0.25) is 0 Å². The standard InChI is InChI=1S/C13H17O2S/c1-15-13(14)11-5-7-12(8-6-11)16-9-3-2-4-10-16/h5-8H,2-4,9-10H2,1H3/q+1. The second-order valence-electron chi connectivity index (χ2n) is 3.98. The van der Waals surface area contributed by atoms with Crippen molar-refractivity contribution in [2.45, 2.75) is 24.2 Å². The minimum atomic E-state index is -0.251. The highest BCUT2D eigenvalue weighted by atomic mass is 32.2. The number of benzene rings is 1. The summed E-state index contributed by atoms with van der Waals surface area (Å²) in [7, 11) is 1.83. The molecule has 1 heterocycles. The van der Waals surface area contributed by atoms with Gasteiger partial charge in [0.25, 0.3) is 0 Å². The molecule has 0 atom stereocenters. The number of ether oxygens (including phenoxy) is 1. The fourth-order valence-corrected chi connectivity index (χ4v) is 4.27. The summed E-state index contributed by atoms with van der Waals surface area (Å²) in [5.41, 5.74) is 0.645. The molecule has 1 aliphatic rings. The molecule has 0 bridgehead atoms. The van der Waals surface area contributed by atoms with Crippen molar-refractivity contribution < 1.29 is 9.53 Å². The number of hydrogen-bond acceptors (Lipinski definition) is 2. The molecule has 2 rings (SSSR count). The van der Waals surface area contributed by atoms with Gasteiger partial charge in [-0.15, -0.1) is 0 Å². The van der Waals surface area contributed by atoms with Crippen LogP contribution in [-0.2, 0) is 15.6 Å². The van der Waals surface area contributed by atoms with Crippen molar-refractivity contribution in [2.75, 3.05) is 18.6 Å². The highest BCUT2D eigenvalue weighted by Crippen LogP contribution is 2.22. The van der Waals surface area contributed by atoms with Crippen LogP contribution in [0.5, 0.6) is 0 Å². The molecule has 1 aromatic rings. The number of hydrogen-bond donors (Lipinski definition) is 0.